The van der Waals surface area contributed by atoms with Crippen LogP contribution in [0.1, 0.15) is 57.5 Å². The maximum atomic E-state index is 13.0. The van der Waals surface area contributed by atoms with Gasteiger partial charge in [0.1, 0.15) is 16.6 Å². The van der Waals surface area contributed by atoms with Crippen LogP contribution in [0.15, 0.2) is 29.8 Å². The zero-order valence-electron chi connectivity index (χ0n) is 20.2. The second-order valence-electron chi connectivity index (χ2n) is 8.52. The Labute approximate surface area is 224 Å². The van der Waals surface area contributed by atoms with E-state index in [0.29, 0.717) is 33.5 Å². The first-order valence-corrected chi connectivity index (χ1v) is 13.2. The van der Waals surface area contributed by atoms with Crippen LogP contribution < -0.4 is 5.32 Å². The van der Waals surface area contributed by atoms with E-state index in [-0.39, 0.29) is 11.5 Å². The number of anilines is 1. The van der Waals surface area contributed by atoms with Gasteiger partial charge in [0.15, 0.2) is 0 Å². The lowest BCUT2D eigenvalue weighted by molar-refractivity contribution is -0.112. The number of nitrogens with zero attached hydrogens (tertiary/aromatic N) is 2. The Balaban J connectivity index is 1.74. The average molecular weight is 542 g/mol. The molecule has 36 heavy (non-hydrogen) atoms. The van der Waals surface area contributed by atoms with Gasteiger partial charge in [-0.05, 0) is 87.9 Å². The molecule has 2 heterocycles. The molecule has 0 spiro atoms. The van der Waals surface area contributed by atoms with Crippen LogP contribution in [0, 0.1) is 25.2 Å². The van der Waals surface area contributed by atoms with Crippen LogP contribution in [-0.2, 0) is 22.4 Å². The van der Waals surface area contributed by atoms with E-state index in [1.54, 1.807) is 36.5 Å². The summed E-state index contributed by atoms with van der Waals surface area (Å²) in [6, 6.07) is 8.59. The van der Waals surface area contributed by atoms with E-state index in [1.807, 2.05) is 30.6 Å². The van der Waals surface area contributed by atoms with E-state index in [9.17, 15) is 14.9 Å². The predicted octanol–water partition coefficient (Wildman–Crippen LogP) is 7.06. The summed E-state index contributed by atoms with van der Waals surface area (Å²) in [6.45, 7) is 5.96. The molecule has 186 valence electrons. The molecule has 0 fully saturated rings. The van der Waals surface area contributed by atoms with Crippen molar-refractivity contribution < 1.29 is 14.3 Å². The monoisotopic (exact) mass is 541 g/mol. The highest BCUT2D eigenvalue weighted by Crippen LogP contribution is 2.39. The number of rotatable bonds is 6. The first-order valence-electron chi connectivity index (χ1n) is 11.6. The van der Waals surface area contributed by atoms with Crippen molar-refractivity contribution in [3.8, 4) is 11.1 Å². The number of benzene rings is 1. The summed E-state index contributed by atoms with van der Waals surface area (Å²) in [5.74, 6) is -0.905. The minimum absolute atomic E-state index is 0.0811. The van der Waals surface area contributed by atoms with Gasteiger partial charge in [0.25, 0.3) is 5.91 Å². The van der Waals surface area contributed by atoms with Crippen molar-refractivity contribution in [2.24, 2.45) is 0 Å². The maximum absolute atomic E-state index is 13.0. The molecule has 1 aliphatic carbocycles. The number of thiophene rings is 1. The molecule has 2 aromatic heterocycles. The van der Waals surface area contributed by atoms with E-state index in [4.69, 9.17) is 27.9 Å². The minimum atomic E-state index is -0.592. The highest BCUT2D eigenvalue weighted by atomic mass is 35.5. The van der Waals surface area contributed by atoms with Gasteiger partial charge in [-0.15, -0.1) is 11.3 Å². The van der Waals surface area contributed by atoms with Crippen molar-refractivity contribution in [2.45, 2.75) is 46.5 Å². The second kappa shape index (κ2) is 10.9. The summed E-state index contributed by atoms with van der Waals surface area (Å²) in [4.78, 5) is 27.1. The van der Waals surface area contributed by atoms with Gasteiger partial charge < -0.3 is 14.6 Å². The molecule has 3 aromatic rings. The fraction of sp³-hybridized carbons (Fsp3) is 0.296. The molecule has 0 unspecified atom stereocenters. The Hall–Kier alpha value is -3.05. The Bertz CT molecular complexity index is 1430. The summed E-state index contributed by atoms with van der Waals surface area (Å²) >= 11 is 13.8. The molecule has 4 rings (SSSR count). The molecule has 0 saturated heterocycles. The van der Waals surface area contributed by atoms with Gasteiger partial charge in [-0.25, -0.2) is 4.79 Å². The third-order valence-corrected chi connectivity index (χ3v) is 7.99. The largest absolute Gasteiger partial charge is 0.462 e. The van der Waals surface area contributed by atoms with Gasteiger partial charge >= 0.3 is 5.97 Å². The number of carbonyl (C=O) groups is 2. The van der Waals surface area contributed by atoms with Gasteiger partial charge in [0.2, 0.25) is 0 Å². The van der Waals surface area contributed by atoms with E-state index in [0.717, 1.165) is 47.6 Å². The summed E-state index contributed by atoms with van der Waals surface area (Å²) in [6.07, 6.45) is 5.50. The number of nitriles is 1. The van der Waals surface area contributed by atoms with Crippen molar-refractivity contribution >= 4 is 58.2 Å². The Kier molecular flexibility index (Phi) is 7.89. The SMILES string of the molecule is CCOC(=O)c1c(-n2c(C)cc(/C=C(/C#N)C(=O)Nc3cc(Cl)ccc3Cl)c2C)sc2c1CCCC2. The van der Waals surface area contributed by atoms with Gasteiger partial charge in [-0.2, -0.15) is 5.26 Å². The van der Waals surface area contributed by atoms with Crippen LogP contribution in [-0.4, -0.2) is 23.1 Å². The second-order valence-corrected chi connectivity index (χ2v) is 10.4. The van der Waals surface area contributed by atoms with Crippen molar-refractivity contribution in [2.75, 3.05) is 11.9 Å². The molecule has 1 aliphatic rings. The van der Waals surface area contributed by atoms with Gasteiger partial charge in [-0.3, -0.25) is 4.79 Å². The summed E-state index contributed by atoms with van der Waals surface area (Å²) in [5, 5.41) is 13.9. The summed E-state index contributed by atoms with van der Waals surface area (Å²) in [5.41, 5.74) is 4.36. The number of nitrogens with one attached hydrogen (secondary N) is 1. The average Bonchev–Trinajstić information content (AvgIpc) is 3.35. The number of ether oxygens (including phenoxy) is 1. The molecule has 0 bridgehead atoms. The number of amides is 1. The lowest BCUT2D eigenvalue weighted by Crippen LogP contribution is -2.14. The topological polar surface area (TPSA) is 84.1 Å². The smallest absolute Gasteiger partial charge is 0.341 e. The lowest BCUT2D eigenvalue weighted by Gasteiger charge is -2.13. The van der Waals surface area contributed by atoms with Crippen molar-refractivity contribution in [1.82, 2.24) is 4.57 Å². The van der Waals surface area contributed by atoms with Gasteiger partial charge in [-0.1, -0.05) is 23.2 Å². The van der Waals surface area contributed by atoms with Crippen LogP contribution in [0.4, 0.5) is 5.69 Å². The Morgan fingerprint density at radius 1 is 1.22 bits per heavy atom. The van der Waals surface area contributed by atoms with Crippen LogP contribution in [0.3, 0.4) is 0 Å². The number of aromatic nitrogens is 1. The molecule has 0 aliphatic heterocycles. The standard InChI is InChI=1S/C27H25Cl2N3O3S/c1-4-35-27(34)24-20-7-5-6-8-23(20)36-26(24)32-15(2)11-17(16(32)3)12-18(14-30)25(33)31-22-13-19(28)9-10-21(22)29/h9-13H,4-8H2,1-3H3,(H,31,33)/b18-12-. The Morgan fingerprint density at radius 3 is 2.69 bits per heavy atom. The number of hydrogen-bond donors (Lipinski definition) is 1. The van der Waals surface area contributed by atoms with Crippen molar-refractivity contribution in [1.29, 1.82) is 5.26 Å². The third-order valence-electron chi connectivity index (χ3n) is 6.15. The molecular weight excluding hydrogens is 517 g/mol. The van der Waals surface area contributed by atoms with Crippen molar-refractivity contribution in [3.05, 3.63) is 72.8 Å². The zero-order chi connectivity index (χ0) is 26.0. The minimum Gasteiger partial charge on any atom is -0.462 e. The molecule has 1 N–H and O–H groups in total. The highest BCUT2D eigenvalue weighted by Gasteiger charge is 2.28. The fourth-order valence-corrected chi connectivity index (χ4v) is 6.28. The molecule has 6 nitrogen and oxygen atoms in total. The number of fused-ring (bicyclic) bond motifs is 1. The number of carbonyl (C=O) groups excluding carboxylic acids is 2. The highest BCUT2D eigenvalue weighted by molar-refractivity contribution is 7.15. The molecular formula is C27H25Cl2N3O3S. The Morgan fingerprint density at radius 2 is 1.97 bits per heavy atom. The first kappa shape index (κ1) is 26.0. The van der Waals surface area contributed by atoms with Crippen LogP contribution in [0.5, 0.6) is 0 Å². The quantitative estimate of drug-likeness (QED) is 0.205. The van der Waals surface area contributed by atoms with Gasteiger partial charge in [0, 0.05) is 21.3 Å². The normalized spacial score (nSPS) is 13.2. The molecule has 0 atom stereocenters. The van der Waals surface area contributed by atoms with Crippen molar-refractivity contribution in [3.63, 3.8) is 0 Å². The molecule has 0 radical (unpaired) electrons. The maximum Gasteiger partial charge on any atom is 0.341 e. The molecule has 0 saturated carbocycles. The van der Waals surface area contributed by atoms with Crippen LogP contribution in [0.2, 0.25) is 10.0 Å². The third kappa shape index (κ3) is 5.08. The fourth-order valence-electron chi connectivity index (χ4n) is 4.46. The predicted molar refractivity (Wildman–Crippen MR) is 144 cm³/mol. The molecule has 9 heteroatoms. The zero-order valence-corrected chi connectivity index (χ0v) is 22.5. The number of halogens is 2. The summed E-state index contributed by atoms with van der Waals surface area (Å²) < 4.78 is 7.43. The number of aryl methyl sites for hydroxylation is 2. The van der Waals surface area contributed by atoms with E-state index < -0.39 is 5.91 Å². The first-order chi connectivity index (χ1) is 17.2. The van der Waals surface area contributed by atoms with E-state index >= 15 is 0 Å². The molecule has 1 amide bonds. The summed E-state index contributed by atoms with van der Waals surface area (Å²) in [7, 11) is 0. The van der Waals surface area contributed by atoms with Crippen LogP contribution >= 0.6 is 34.5 Å². The molecule has 1 aromatic carbocycles. The van der Waals surface area contributed by atoms with E-state index in [1.165, 1.54) is 10.9 Å². The number of esters is 1. The van der Waals surface area contributed by atoms with Crippen LogP contribution in [0.25, 0.3) is 11.1 Å². The number of hydrogen-bond acceptors (Lipinski definition) is 5. The van der Waals surface area contributed by atoms with Gasteiger partial charge in [0.05, 0.1) is 22.9 Å². The van der Waals surface area contributed by atoms with E-state index in [2.05, 4.69) is 5.32 Å². The lowest BCUT2D eigenvalue weighted by atomic mass is 9.95.